The molecule has 7 rings (SSSR count). The van der Waals surface area contributed by atoms with E-state index in [0.29, 0.717) is 5.76 Å². The van der Waals surface area contributed by atoms with E-state index in [1.54, 1.807) is 12.2 Å². The summed E-state index contributed by atoms with van der Waals surface area (Å²) in [5.74, 6) is 3.02. The molecule has 0 saturated carbocycles. The van der Waals surface area contributed by atoms with Crippen molar-refractivity contribution in [3.8, 4) is 16.9 Å². The van der Waals surface area contributed by atoms with Gasteiger partial charge in [0.1, 0.15) is 23.0 Å². The standard InChI is InChI=1S/C31H24B2O4/c1-5-13-19-23(8-4)35-32-30-26(18(6-2)22(7-3)34-32)28-20-14-9-11-16-24(20)36-33-31(28)29(27(19)30)21-15-10-12-17-25(21)37-33/h5-8,10,12-17H,1-3,9,11H2,4H3/b19-13+,23-8+. The molecule has 6 heteroatoms. The van der Waals surface area contributed by atoms with E-state index in [1.165, 1.54) is 0 Å². The lowest BCUT2D eigenvalue weighted by atomic mass is 9.55. The molecule has 0 unspecified atom stereocenters. The van der Waals surface area contributed by atoms with Gasteiger partial charge >= 0.3 is 14.2 Å². The second-order valence-electron chi connectivity index (χ2n) is 9.38. The average Bonchev–Trinajstić information content (AvgIpc) is 2.94. The third-order valence-electron chi connectivity index (χ3n) is 7.53. The second-order valence-corrected chi connectivity index (χ2v) is 9.38. The van der Waals surface area contributed by atoms with Crippen molar-refractivity contribution in [2.75, 3.05) is 0 Å². The molecule has 37 heavy (non-hydrogen) atoms. The van der Waals surface area contributed by atoms with Crippen molar-refractivity contribution >= 4 is 41.9 Å². The van der Waals surface area contributed by atoms with E-state index in [1.807, 2.05) is 43.4 Å². The minimum Gasteiger partial charge on any atom is -0.522 e. The van der Waals surface area contributed by atoms with Gasteiger partial charge in [-0.05, 0) is 66.3 Å². The van der Waals surface area contributed by atoms with Crippen LogP contribution in [-0.2, 0) is 14.0 Å². The van der Waals surface area contributed by atoms with Crippen LogP contribution >= 0.6 is 0 Å². The minimum atomic E-state index is -0.635. The van der Waals surface area contributed by atoms with E-state index >= 15 is 0 Å². The van der Waals surface area contributed by atoms with Crippen LogP contribution in [-0.4, -0.2) is 14.2 Å². The Morgan fingerprint density at radius 1 is 0.811 bits per heavy atom. The van der Waals surface area contributed by atoms with Crippen LogP contribution in [0, 0.1) is 0 Å². The fourth-order valence-electron chi connectivity index (χ4n) is 6.13. The molecule has 0 amide bonds. The Balaban J connectivity index is 1.74. The summed E-state index contributed by atoms with van der Waals surface area (Å²) in [5, 5.41) is 0. The van der Waals surface area contributed by atoms with Gasteiger partial charge in [0, 0.05) is 33.2 Å². The zero-order valence-corrected chi connectivity index (χ0v) is 20.7. The zero-order valence-electron chi connectivity index (χ0n) is 20.7. The molecule has 2 aromatic carbocycles. The maximum atomic E-state index is 6.55. The van der Waals surface area contributed by atoms with Crippen LogP contribution in [0.3, 0.4) is 0 Å². The molecule has 0 spiro atoms. The molecule has 5 aliphatic rings. The van der Waals surface area contributed by atoms with Crippen LogP contribution in [0.4, 0.5) is 0 Å². The predicted molar refractivity (Wildman–Crippen MR) is 151 cm³/mol. The molecular formula is C31H24B2O4. The molecule has 4 aliphatic heterocycles. The maximum absolute atomic E-state index is 6.55. The van der Waals surface area contributed by atoms with Crippen LogP contribution in [0.1, 0.15) is 36.5 Å². The maximum Gasteiger partial charge on any atom is 0.634 e. The SMILES string of the molecule is C=C/C=C1\C(=C/C)OB2OC(C=C)=C(C=C)c3c2c1c1c2c3C3=CCCC=C3OB2Oc2ccccc2-1. The Labute approximate surface area is 217 Å². The van der Waals surface area contributed by atoms with Gasteiger partial charge in [-0.2, -0.15) is 0 Å². The summed E-state index contributed by atoms with van der Waals surface area (Å²) < 4.78 is 26.0. The van der Waals surface area contributed by atoms with E-state index in [-0.39, 0.29) is 0 Å². The normalized spacial score (nSPS) is 20.1. The van der Waals surface area contributed by atoms with Crippen LogP contribution in [0.5, 0.6) is 5.75 Å². The van der Waals surface area contributed by atoms with Crippen LogP contribution in [0.25, 0.3) is 27.8 Å². The Hall–Kier alpha value is -4.31. The van der Waals surface area contributed by atoms with Crippen LogP contribution < -0.4 is 15.6 Å². The van der Waals surface area contributed by atoms with E-state index in [4.69, 9.17) is 18.6 Å². The molecule has 0 N–H and O–H groups in total. The molecule has 0 radical (unpaired) electrons. The van der Waals surface area contributed by atoms with Gasteiger partial charge < -0.3 is 18.6 Å². The highest BCUT2D eigenvalue weighted by Crippen LogP contribution is 2.49. The second kappa shape index (κ2) is 8.10. The van der Waals surface area contributed by atoms with Gasteiger partial charge in [0.2, 0.25) is 0 Å². The van der Waals surface area contributed by atoms with E-state index < -0.39 is 14.2 Å². The molecular weight excluding hydrogens is 458 g/mol. The highest BCUT2D eigenvalue weighted by Gasteiger charge is 2.52. The lowest BCUT2D eigenvalue weighted by Gasteiger charge is -2.42. The molecule has 0 fully saturated rings. The van der Waals surface area contributed by atoms with Crippen LogP contribution in [0.2, 0.25) is 0 Å². The summed E-state index contributed by atoms with van der Waals surface area (Å²) in [5.41, 5.74) is 10.2. The van der Waals surface area contributed by atoms with Gasteiger partial charge in [-0.25, -0.2) is 0 Å². The van der Waals surface area contributed by atoms with Crippen molar-refractivity contribution in [2.45, 2.75) is 19.8 Å². The number of hydrogen-bond acceptors (Lipinski definition) is 4. The fraction of sp³-hybridized carbons (Fsp3) is 0.0968. The zero-order chi connectivity index (χ0) is 25.3. The predicted octanol–water partition coefficient (Wildman–Crippen LogP) is 5.84. The van der Waals surface area contributed by atoms with Crippen molar-refractivity contribution in [1.29, 1.82) is 0 Å². The van der Waals surface area contributed by atoms with Crippen LogP contribution in [0.15, 0.2) is 104 Å². The van der Waals surface area contributed by atoms with Crippen molar-refractivity contribution in [2.24, 2.45) is 0 Å². The third-order valence-corrected chi connectivity index (χ3v) is 7.53. The molecule has 0 bridgehead atoms. The summed E-state index contributed by atoms with van der Waals surface area (Å²) in [6, 6.07) is 8.14. The number of rotatable bonds is 3. The molecule has 0 saturated heterocycles. The first-order chi connectivity index (χ1) is 18.2. The van der Waals surface area contributed by atoms with E-state index in [0.717, 1.165) is 85.6 Å². The first-order valence-corrected chi connectivity index (χ1v) is 12.6. The van der Waals surface area contributed by atoms with Gasteiger partial charge in [-0.1, -0.05) is 62.2 Å². The topological polar surface area (TPSA) is 36.9 Å². The minimum absolute atomic E-state index is 0.579. The van der Waals surface area contributed by atoms with Gasteiger partial charge in [0.05, 0.1) is 0 Å². The molecule has 178 valence electrons. The lowest BCUT2D eigenvalue weighted by molar-refractivity contribution is 0.321. The quantitative estimate of drug-likeness (QED) is 0.515. The molecule has 4 heterocycles. The third kappa shape index (κ3) is 2.87. The smallest absolute Gasteiger partial charge is 0.522 e. The Bertz CT molecular complexity index is 1600. The average molecular weight is 482 g/mol. The molecule has 4 nitrogen and oxygen atoms in total. The van der Waals surface area contributed by atoms with Gasteiger partial charge in [-0.15, -0.1) is 0 Å². The molecule has 2 aromatic rings. The van der Waals surface area contributed by atoms with Gasteiger partial charge in [-0.3, -0.25) is 0 Å². The van der Waals surface area contributed by atoms with E-state index in [9.17, 15) is 0 Å². The van der Waals surface area contributed by atoms with E-state index in [2.05, 4.69) is 38.0 Å². The van der Waals surface area contributed by atoms with Crippen molar-refractivity contribution in [3.05, 3.63) is 121 Å². The monoisotopic (exact) mass is 482 g/mol. The van der Waals surface area contributed by atoms with Crippen molar-refractivity contribution in [3.63, 3.8) is 0 Å². The van der Waals surface area contributed by atoms with Gasteiger partial charge in [0.25, 0.3) is 0 Å². The lowest BCUT2D eigenvalue weighted by Crippen LogP contribution is -2.55. The highest BCUT2D eigenvalue weighted by molar-refractivity contribution is 6.71. The number of para-hydroxylation sites is 1. The van der Waals surface area contributed by atoms with Crippen molar-refractivity contribution in [1.82, 2.24) is 0 Å². The fourth-order valence-corrected chi connectivity index (χ4v) is 6.13. The number of allylic oxidation sites excluding steroid dienone is 10. The first kappa shape index (κ1) is 21.9. The van der Waals surface area contributed by atoms with Crippen molar-refractivity contribution < 1.29 is 18.6 Å². The Kier molecular flexibility index (Phi) is 4.80. The summed E-state index contributed by atoms with van der Waals surface area (Å²) >= 11 is 0. The summed E-state index contributed by atoms with van der Waals surface area (Å²) in [6.45, 7) is 14.2. The van der Waals surface area contributed by atoms with Gasteiger partial charge in [0.15, 0.2) is 0 Å². The summed E-state index contributed by atoms with van der Waals surface area (Å²) in [6.07, 6.45) is 15.7. The largest absolute Gasteiger partial charge is 0.634 e. The summed E-state index contributed by atoms with van der Waals surface area (Å²) in [4.78, 5) is 0. The molecule has 1 aliphatic carbocycles. The number of fused-ring (bicyclic) bond motifs is 6. The Morgan fingerprint density at radius 3 is 2.38 bits per heavy atom. The molecule has 0 atom stereocenters. The summed E-state index contributed by atoms with van der Waals surface area (Å²) in [7, 11) is -1.21. The highest BCUT2D eigenvalue weighted by atomic mass is 16.6. The number of benzene rings is 2. The number of hydrogen-bond donors (Lipinski definition) is 0. The first-order valence-electron chi connectivity index (χ1n) is 12.6. The molecule has 0 aromatic heterocycles. The Morgan fingerprint density at radius 2 is 1.59 bits per heavy atom.